The highest BCUT2D eigenvalue weighted by atomic mass is 19.1. The van der Waals surface area contributed by atoms with Gasteiger partial charge in [-0.1, -0.05) is 13.3 Å². The molecule has 0 bridgehead atoms. The zero-order chi connectivity index (χ0) is 14.4. The van der Waals surface area contributed by atoms with Gasteiger partial charge in [0.15, 0.2) is 0 Å². The molecule has 104 valence electrons. The van der Waals surface area contributed by atoms with Crippen LogP contribution in [-0.4, -0.2) is 17.9 Å². The molecule has 0 radical (unpaired) electrons. The minimum atomic E-state index is -1.37. The molecule has 0 unspecified atom stereocenters. The van der Waals surface area contributed by atoms with Gasteiger partial charge in [-0.15, -0.1) is 0 Å². The van der Waals surface area contributed by atoms with E-state index in [0.717, 1.165) is 12.1 Å². The topological polar surface area (TPSA) is 69.2 Å². The summed E-state index contributed by atoms with van der Waals surface area (Å²) in [6.07, 6.45) is 0.515. The van der Waals surface area contributed by atoms with Gasteiger partial charge in [-0.2, -0.15) is 0 Å². The second-order valence-electron chi connectivity index (χ2n) is 4.18. The summed E-state index contributed by atoms with van der Waals surface area (Å²) < 4.78 is 25.8. The molecule has 1 aromatic rings. The second-order valence-corrected chi connectivity index (χ2v) is 4.18. The number of carbonyl (C=O) groups excluding carboxylic acids is 2. The fraction of sp³-hybridized carbons (Fsp3) is 0.385. The average molecular weight is 270 g/mol. The molecule has 19 heavy (non-hydrogen) atoms. The lowest BCUT2D eigenvalue weighted by Gasteiger charge is -2.18. The molecule has 0 spiro atoms. The standard InChI is InChI=1S/C13H15F2NO3/c1-2-3-11(13(18)19)16-12(17)6-8-4-9(14)7-10(15)5-8/h4-5,7,11H,2-3,6H2,1H3,(H,16,17)(H,18,19)/p-1/t11-/m0/s1. The maximum Gasteiger partial charge on any atom is 0.224 e. The van der Waals surface area contributed by atoms with Gasteiger partial charge in [0.2, 0.25) is 5.91 Å². The lowest BCUT2D eigenvalue weighted by molar-refractivity contribution is -0.308. The van der Waals surface area contributed by atoms with Crippen LogP contribution in [0.3, 0.4) is 0 Å². The fourth-order valence-corrected chi connectivity index (χ4v) is 1.68. The molecule has 1 atom stereocenters. The Hall–Kier alpha value is -1.98. The predicted octanol–water partition coefficient (Wildman–Crippen LogP) is 0.542. The van der Waals surface area contributed by atoms with Gasteiger partial charge in [-0.25, -0.2) is 8.78 Å². The maximum atomic E-state index is 12.9. The van der Waals surface area contributed by atoms with E-state index in [1.807, 2.05) is 0 Å². The molecule has 6 heteroatoms. The van der Waals surface area contributed by atoms with Crippen LogP contribution >= 0.6 is 0 Å². The van der Waals surface area contributed by atoms with Crippen molar-refractivity contribution in [3.05, 3.63) is 35.4 Å². The predicted molar refractivity (Wildman–Crippen MR) is 61.9 cm³/mol. The van der Waals surface area contributed by atoms with Gasteiger partial charge >= 0.3 is 0 Å². The van der Waals surface area contributed by atoms with E-state index in [1.165, 1.54) is 0 Å². The van der Waals surface area contributed by atoms with Gasteiger partial charge in [0.1, 0.15) is 11.6 Å². The van der Waals surface area contributed by atoms with Crippen molar-refractivity contribution in [2.45, 2.75) is 32.2 Å². The smallest absolute Gasteiger partial charge is 0.224 e. The molecule has 0 aromatic heterocycles. The number of carbonyl (C=O) groups is 2. The third-order valence-corrected chi connectivity index (χ3v) is 2.48. The highest BCUT2D eigenvalue weighted by molar-refractivity contribution is 5.84. The Morgan fingerprint density at radius 3 is 2.32 bits per heavy atom. The summed E-state index contributed by atoms with van der Waals surface area (Å²) in [5, 5.41) is 13.0. The van der Waals surface area contributed by atoms with Crippen molar-refractivity contribution in [1.29, 1.82) is 0 Å². The first kappa shape index (κ1) is 15.1. The van der Waals surface area contributed by atoms with E-state index in [9.17, 15) is 23.5 Å². The molecule has 4 nitrogen and oxygen atoms in total. The SMILES string of the molecule is CCC[C@H](NC(=O)Cc1cc(F)cc(F)c1)C(=O)[O-]. The Bertz CT molecular complexity index is 457. The molecule has 0 aliphatic carbocycles. The monoisotopic (exact) mass is 270 g/mol. The Morgan fingerprint density at radius 1 is 1.26 bits per heavy atom. The van der Waals surface area contributed by atoms with E-state index in [-0.39, 0.29) is 18.4 Å². The highest BCUT2D eigenvalue weighted by Gasteiger charge is 2.13. The van der Waals surface area contributed by atoms with Crippen molar-refractivity contribution in [2.24, 2.45) is 0 Å². The van der Waals surface area contributed by atoms with Crippen LogP contribution in [0.1, 0.15) is 25.3 Å². The van der Waals surface area contributed by atoms with Gasteiger partial charge in [-0.3, -0.25) is 4.79 Å². The van der Waals surface area contributed by atoms with Gasteiger partial charge in [0.05, 0.1) is 18.4 Å². The summed E-state index contributed by atoms with van der Waals surface area (Å²) in [6.45, 7) is 1.77. The van der Waals surface area contributed by atoms with Crippen LogP contribution < -0.4 is 10.4 Å². The van der Waals surface area contributed by atoms with E-state index in [0.29, 0.717) is 12.5 Å². The molecule has 1 N–H and O–H groups in total. The van der Waals surface area contributed by atoms with E-state index >= 15 is 0 Å². The van der Waals surface area contributed by atoms with E-state index in [1.54, 1.807) is 6.92 Å². The quantitative estimate of drug-likeness (QED) is 0.820. The van der Waals surface area contributed by atoms with Crippen molar-refractivity contribution in [1.82, 2.24) is 5.32 Å². The molecule has 0 aliphatic heterocycles. The number of carboxylic acid groups (broad SMARTS) is 1. The van der Waals surface area contributed by atoms with Crippen LogP contribution in [0.15, 0.2) is 18.2 Å². The Morgan fingerprint density at radius 2 is 1.84 bits per heavy atom. The lowest BCUT2D eigenvalue weighted by Crippen LogP contribution is -2.48. The number of rotatable bonds is 6. The molecule has 1 aromatic carbocycles. The van der Waals surface area contributed by atoms with Crippen molar-refractivity contribution in [3.63, 3.8) is 0 Å². The number of aliphatic carboxylic acids is 1. The normalized spacial score (nSPS) is 11.9. The van der Waals surface area contributed by atoms with Crippen LogP contribution in [-0.2, 0) is 16.0 Å². The van der Waals surface area contributed by atoms with Gasteiger partial charge in [0, 0.05) is 6.07 Å². The number of nitrogens with one attached hydrogen (secondary N) is 1. The zero-order valence-corrected chi connectivity index (χ0v) is 10.4. The summed E-state index contributed by atoms with van der Waals surface area (Å²) >= 11 is 0. The Balaban J connectivity index is 2.66. The first-order valence-electron chi connectivity index (χ1n) is 5.87. The molecule has 1 rings (SSSR count). The Kier molecular flexibility index (Phi) is 5.41. The molecule has 1 amide bonds. The number of amides is 1. The number of benzene rings is 1. The van der Waals surface area contributed by atoms with Gasteiger partial charge in [0.25, 0.3) is 0 Å². The largest absolute Gasteiger partial charge is 0.548 e. The first-order chi connectivity index (χ1) is 8.92. The third kappa shape index (κ3) is 5.03. The maximum absolute atomic E-state index is 12.9. The van der Waals surface area contributed by atoms with Crippen LogP contribution in [0.25, 0.3) is 0 Å². The molecule has 0 heterocycles. The van der Waals surface area contributed by atoms with E-state index in [2.05, 4.69) is 5.32 Å². The first-order valence-corrected chi connectivity index (χ1v) is 5.87. The van der Waals surface area contributed by atoms with Gasteiger partial charge in [-0.05, 0) is 24.1 Å². The molecule has 0 aliphatic rings. The number of hydrogen-bond acceptors (Lipinski definition) is 3. The fourth-order valence-electron chi connectivity index (χ4n) is 1.68. The van der Waals surface area contributed by atoms with Gasteiger partial charge < -0.3 is 15.2 Å². The average Bonchev–Trinajstić information content (AvgIpc) is 2.26. The second kappa shape index (κ2) is 6.82. The number of hydrogen-bond donors (Lipinski definition) is 1. The van der Waals surface area contributed by atoms with Crippen LogP contribution in [0.5, 0.6) is 0 Å². The Labute approximate surface area is 109 Å². The van der Waals surface area contributed by atoms with E-state index < -0.39 is 29.6 Å². The molecular weight excluding hydrogens is 256 g/mol. The zero-order valence-electron chi connectivity index (χ0n) is 10.4. The molecule has 0 saturated heterocycles. The molecular formula is C13H14F2NO3-. The summed E-state index contributed by atoms with van der Waals surface area (Å²) in [7, 11) is 0. The van der Waals surface area contributed by atoms with Crippen LogP contribution in [0, 0.1) is 11.6 Å². The third-order valence-electron chi connectivity index (χ3n) is 2.48. The molecule has 0 fully saturated rings. The van der Waals surface area contributed by atoms with Crippen LogP contribution in [0.4, 0.5) is 8.78 Å². The summed E-state index contributed by atoms with van der Waals surface area (Å²) in [4.78, 5) is 22.3. The highest BCUT2D eigenvalue weighted by Crippen LogP contribution is 2.08. The number of halogens is 2. The minimum absolute atomic E-state index is 0.142. The minimum Gasteiger partial charge on any atom is -0.548 e. The number of carboxylic acids is 1. The summed E-state index contributed by atoms with van der Waals surface area (Å²) in [5.41, 5.74) is 0.142. The molecule has 0 saturated carbocycles. The summed E-state index contributed by atoms with van der Waals surface area (Å²) in [5.74, 6) is -3.56. The van der Waals surface area contributed by atoms with Crippen molar-refractivity contribution in [3.8, 4) is 0 Å². The van der Waals surface area contributed by atoms with Crippen molar-refractivity contribution in [2.75, 3.05) is 0 Å². The van der Waals surface area contributed by atoms with Crippen molar-refractivity contribution >= 4 is 11.9 Å². The van der Waals surface area contributed by atoms with E-state index in [4.69, 9.17) is 0 Å². The van der Waals surface area contributed by atoms with Crippen LogP contribution in [0.2, 0.25) is 0 Å². The van der Waals surface area contributed by atoms with Crippen molar-refractivity contribution < 1.29 is 23.5 Å². The summed E-state index contributed by atoms with van der Waals surface area (Å²) in [6, 6.07) is 1.66. The lowest BCUT2D eigenvalue weighted by atomic mass is 10.1.